The number of rotatable bonds is 5. The number of benzene rings is 4. The van der Waals surface area contributed by atoms with Gasteiger partial charge in [0.15, 0.2) is 0 Å². The zero-order valence-corrected chi connectivity index (χ0v) is 27.5. The molecule has 0 aliphatic heterocycles. The second kappa shape index (κ2) is 9.60. The first kappa shape index (κ1) is 26.3. The Kier molecular flexibility index (Phi) is 6.64. The van der Waals surface area contributed by atoms with E-state index in [0.29, 0.717) is 11.1 Å². The van der Waals surface area contributed by atoms with Crippen molar-refractivity contribution >= 4 is 35.1 Å². The van der Waals surface area contributed by atoms with Crippen LogP contribution in [0.2, 0.25) is 9.26 Å². The van der Waals surface area contributed by atoms with Crippen molar-refractivity contribution in [3.63, 3.8) is 0 Å². The average Bonchev–Trinajstić information content (AvgIpc) is 3.40. The number of hydrogen-bond donors (Lipinski definition) is 0. The van der Waals surface area contributed by atoms with Gasteiger partial charge in [-0.3, -0.25) is 0 Å². The Hall–Kier alpha value is -1.96. The van der Waals surface area contributed by atoms with Crippen molar-refractivity contribution in [3.05, 3.63) is 130 Å². The van der Waals surface area contributed by atoms with Gasteiger partial charge in [-0.05, 0) is 0 Å². The fraction of sp³-hybridized carbons (Fsp3) is 0.176. The Balaban J connectivity index is 1.53. The third-order valence-corrected chi connectivity index (χ3v) is 40.9. The van der Waals surface area contributed by atoms with Crippen molar-refractivity contribution in [2.24, 2.45) is 0 Å². The molecule has 0 saturated carbocycles. The second-order valence-corrected chi connectivity index (χ2v) is 59.0. The third kappa shape index (κ3) is 4.58. The minimum atomic E-state index is -4.09. The van der Waals surface area contributed by atoms with E-state index in [9.17, 15) is 0 Å². The number of fused-ring (bicyclic) bond motifs is 2. The molecule has 2 atom stereocenters. The summed E-state index contributed by atoms with van der Waals surface area (Å²) in [5.41, 5.74) is 14.2. The topological polar surface area (TPSA) is 0 Å². The van der Waals surface area contributed by atoms with Gasteiger partial charge in [0.2, 0.25) is 0 Å². The van der Waals surface area contributed by atoms with Crippen LogP contribution in [0.5, 0.6) is 0 Å². The first-order valence-electron chi connectivity index (χ1n) is 13.5. The molecular formula is C34H33Cl2SiZr. The zero-order chi connectivity index (χ0) is 26.7. The second-order valence-electron chi connectivity index (χ2n) is 11.7. The van der Waals surface area contributed by atoms with E-state index >= 15 is 0 Å². The van der Waals surface area contributed by atoms with Crippen LogP contribution in [0.3, 0.4) is 0 Å². The van der Waals surface area contributed by atoms with Gasteiger partial charge in [0.05, 0.1) is 0 Å². The monoisotopic (exact) mass is 629 g/mol. The molecule has 4 aromatic rings. The molecule has 191 valence electrons. The first-order chi connectivity index (χ1) is 18.1. The maximum atomic E-state index is 7.67. The fourth-order valence-corrected chi connectivity index (χ4v) is 40.9. The molecule has 0 N–H and O–H groups in total. The van der Waals surface area contributed by atoms with E-state index in [4.69, 9.17) is 17.0 Å². The van der Waals surface area contributed by atoms with Gasteiger partial charge in [0, 0.05) is 0 Å². The van der Waals surface area contributed by atoms with Crippen LogP contribution in [0, 0.1) is 0 Å². The van der Waals surface area contributed by atoms with E-state index in [2.05, 4.69) is 132 Å². The summed E-state index contributed by atoms with van der Waals surface area (Å²) in [5.74, 6) is -1.86. The molecule has 0 fully saturated rings. The molecule has 0 heterocycles. The molecule has 0 amide bonds. The van der Waals surface area contributed by atoms with E-state index in [1.807, 2.05) is 0 Å². The molecule has 0 radical (unpaired) electrons. The summed E-state index contributed by atoms with van der Waals surface area (Å²) in [6, 6.07) is 35.1. The maximum absolute atomic E-state index is 7.67. The Morgan fingerprint density at radius 1 is 0.553 bits per heavy atom. The van der Waals surface area contributed by atoms with Gasteiger partial charge in [0.25, 0.3) is 0 Å². The number of hydrogen-bond acceptors (Lipinski definition) is 0. The van der Waals surface area contributed by atoms with Crippen molar-refractivity contribution < 1.29 is 15.6 Å². The predicted octanol–water partition coefficient (Wildman–Crippen LogP) is 10.6. The molecule has 6 rings (SSSR count). The Labute approximate surface area is 235 Å². The van der Waals surface area contributed by atoms with Crippen molar-refractivity contribution in [3.8, 4) is 22.3 Å². The van der Waals surface area contributed by atoms with Crippen LogP contribution >= 0.6 is 17.0 Å². The molecule has 0 aromatic heterocycles. The standard InChI is InChI=1S/C32H27Si.2CH3.2ClH.Zr/c1-21-19-29-25(23-11-5-3-6-12-23)15-9-17-27(29)31(21)33-32-22(2)20-30-26(16-10-18-28(30)32)24-13-7-4-8-14-24;;;;;/h3-20,31-33H,1-2H3;2*1H3;2*1H;/q;;;;;+2/p-2. The van der Waals surface area contributed by atoms with Gasteiger partial charge in [-0.2, -0.15) is 0 Å². The molecule has 2 aliphatic carbocycles. The molecule has 0 saturated heterocycles. The van der Waals surface area contributed by atoms with E-state index in [1.165, 1.54) is 55.7 Å². The van der Waals surface area contributed by atoms with Crippen LogP contribution in [-0.2, 0) is 15.6 Å². The predicted molar refractivity (Wildman–Crippen MR) is 167 cm³/mol. The van der Waals surface area contributed by atoms with Crippen LogP contribution in [-0.4, -0.2) is 5.92 Å². The van der Waals surface area contributed by atoms with Gasteiger partial charge >= 0.3 is 238 Å². The van der Waals surface area contributed by atoms with Crippen LogP contribution in [0.25, 0.3) is 34.4 Å². The summed E-state index contributed by atoms with van der Waals surface area (Å²) in [6.45, 7) is 4.62. The molecule has 2 aliphatic rings. The van der Waals surface area contributed by atoms with Crippen LogP contribution < -0.4 is 0 Å². The summed E-state index contributed by atoms with van der Waals surface area (Å²) in [5, 5.41) is 0. The van der Waals surface area contributed by atoms with Crippen molar-refractivity contribution in [2.45, 2.75) is 34.2 Å². The molecule has 0 nitrogen and oxygen atoms in total. The van der Waals surface area contributed by atoms with Gasteiger partial charge in [-0.15, -0.1) is 0 Å². The molecule has 2 unspecified atom stereocenters. The van der Waals surface area contributed by atoms with E-state index in [1.54, 1.807) is 0 Å². The number of halogens is 2. The molecular weight excluding hydrogens is 599 g/mol. The SMILES string of the molecule is CC1=Cc2c(-c3ccccc3)cccc2C1[SiH](C1C(C)=Cc2c(-c3ccccc3)cccc21)[Zr]([CH3])([CH3])([Cl])[Cl]. The van der Waals surface area contributed by atoms with Crippen LogP contribution in [0.15, 0.2) is 108 Å². The Morgan fingerprint density at radius 3 is 1.32 bits per heavy atom. The quantitative estimate of drug-likeness (QED) is 0.192. The van der Waals surface area contributed by atoms with Crippen molar-refractivity contribution in [2.75, 3.05) is 0 Å². The van der Waals surface area contributed by atoms with Crippen molar-refractivity contribution in [1.82, 2.24) is 0 Å². The fourth-order valence-electron chi connectivity index (χ4n) is 6.96. The van der Waals surface area contributed by atoms with Gasteiger partial charge < -0.3 is 0 Å². The molecule has 4 heteroatoms. The summed E-state index contributed by atoms with van der Waals surface area (Å²) in [7, 11) is 15.3. The zero-order valence-electron chi connectivity index (χ0n) is 22.4. The normalized spacial score (nSPS) is 20.1. The molecule has 0 bridgehead atoms. The third-order valence-electron chi connectivity index (χ3n) is 8.48. The van der Waals surface area contributed by atoms with Gasteiger partial charge in [0.1, 0.15) is 0 Å². The summed E-state index contributed by atoms with van der Waals surface area (Å²) in [6.07, 6.45) is 4.85. The molecule has 4 aromatic carbocycles. The molecule has 38 heavy (non-hydrogen) atoms. The Bertz CT molecular complexity index is 1480. The summed E-state index contributed by atoms with van der Waals surface area (Å²) < 4.78 is 4.53. The Morgan fingerprint density at radius 2 is 0.947 bits per heavy atom. The molecule has 0 spiro atoms. The van der Waals surface area contributed by atoms with E-state index in [0.717, 1.165) is 0 Å². The number of allylic oxidation sites excluding steroid dienone is 2. The van der Waals surface area contributed by atoms with Gasteiger partial charge in [-0.1, -0.05) is 0 Å². The summed E-state index contributed by atoms with van der Waals surface area (Å²) >= 11 is -4.09. The average molecular weight is 632 g/mol. The van der Waals surface area contributed by atoms with E-state index in [-0.39, 0.29) is 0 Å². The minimum absolute atomic E-state index is 0.323. The van der Waals surface area contributed by atoms with Crippen LogP contribution in [0.4, 0.5) is 0 Å². The van der Waals surface area contributed by atoms with Gasteiger partial charge in [-0.25, -0.2) is 0 Å². The van der Waals surface area contributed by atoms with Crippen LogP contribution in [0.1, 0.15) is 47.2 Å². The van der Waals surface area contributed by atoms with E-state index < -0.39 is 21.5 Å². The summed E-state index contributed by atoms with van der Waals surface area (Å²) in [4.78, 5) is 0. The first-order valence-corrected chi connectivity index (χ1v) is 30.9. The van der Waals surface area contributed by atoms with Crippen molar-refractivity contribution in [1.29, 1.82) is 0 Å².